The van der Waals surface area contributed by atoms with Crippen LogP contribution in [0.5, 0.6) is 5.75 Å². The van der Waals surface area contributed by atoms with Gasteiger partial charge in [-0.05, 0) is 36.4 Å². The van der Waals surface area contributed by atoms with Gasteiger partial charge in [0.05, 0.1) is 12.1 Å². The summed E-state index contributed by atoms with van der Waals surface area (Å²) in [5, 5.41) is 5.78. The quantitative estimate of drug-likeness (QED) is 0.651. The number of halogens is 1. The third-order valence-corrected chi connectivity index (χ3v) is 3.76. The summed E-state index contributed by atoms with van der Waals surface area (Å²) in [6, 6.07) is 13.7. The molecule has 112 valence electrons. The van der Waals surface area contributed by atoms with Gasteiger partial charge in [0.15, 0.2) is 5.75 Å². The number of hydrogen-bond acceptors (Lipinski definition) is 4. The molecule has 1 heterocycles. The lowest BCUT2D eigenvalue weighted by molar-refractivity contribution is -0.137. The van der Waals surface area contributed by atoms with Gasteiger partial charge in [-0.1, -0.05) is 28.1 Å². The van der Waals surface area contributed by atoms with Crippen molar-refractivity contribution in [2.45, 2.75) is 12.5 Å². The number of nitrogens with one attached hydrogen (secondary N) is 2. The molecular formula is C16H13BrN2O3. The van der Waals surface area contributed by atoms with E-state index in [9.17, 15) is 9.59 Å². The average Bonchev–Trinajstić information content (AvgIpc) is 2.50. The molecule has 1 amide bonds. The Morgan fingerprint density at radius 2 is 1.91 bits per heavy atom. The molecule has 1 atom stereocenters. The molecule has 0 saturated heterocycles. The Balaban J connectivity index is 1.64. The van der Waals surface area contributed by atoms with E-state index < -0.39 is 12.0 Å². The van der Waals surface area contributed by atoms with Crippen LogP contribution in [0.25, 0.3) is 0 Å². The molecule has 0 aliphatic carbocycles. The first kappa shape index (κ1) is 14.6. The lowest BCUT2D eigenvalue weighted by Gasteiger charge is -2.24. The van der Waals surface area contributed by atoms with Gasteiger partial charge in [-0.25, -0.2) is 4.79 Å². The van der Waals surface area contributed by atoms with E-state index in [-0.39, 0.29) is 12.3 Å². The minimum Gasteiger partial charge on any atom is -0.423 e. The van der Waals surface area contributed by atoms with Crippen molar-refractivity contribution in [3.05, 3.63) is 53.0 Å². The standard InChI is InChI=1S/C16H13BrN2O3/c17-10-5-7-11(8-6-10)18-15(20)9-13-16(21)22-14-4-2-1-3-12(14)19-13/h1-8,13,19H,9H2,(H,18,20)/t13-/m0/s1. The third-order valence-electron chi connectivity index (χ3n) is 3.23. The Bertz CT molecular complexity index is 716. The van der Waals surface area contributed by atoms with Gasteiger partial charge < -0.3 is 15.4 Å². The van der Waals surface area contributed by atoms with Gasteiger partial charge in [0.1, 0.15) is 6.04 Å². The van der Waals surface area contributed by atoms with Crippen molar-refractivity contribution in [3.63, 3.8) is 0 Å². The van der Waals surface area contributed by atoms with Crippen molar-refractivity contribution in [1.29, 1.82) is 0 Å². The van der Waals surface area contributed by atoms with E-state index in [2.05, 4.69) is 26.6 Å². The topological polar surface area (TPSA) is 67.4 Å². The number of hydrogen-bond donors (Lipinski definition) is 2. The largest absolute Gasteiger partial charge is 0.423 e. The van der Waals surface area contributed by atoms with Crippen molar-refractivity contribution < 1.29 is 14.3 Å². The van der Waals surface area contributed by atoms with E-state index in [0.717, 1.165) is 4.47 Å². The molecule has 0 fully saturated rings. The molecule has 0 spiro atoms. The zero-order valence-corrected chi connectivity index (χ0v) is 13.1. The van der Waals surface area contributed by atoms with Crippen LogP contribution in [0.1, 0.15) is 6.42 Å². The molecule has 6 heteroatoms. The van der Waals surface area contributed by atoms with Gasteiger partial charge in [0.25, 0.3) is 0 Å². The highest BCUT2D eigenvalue weighted by Crippen LogP contribution is 2.29. The smallest absolute Gasteiger partial charge is 0.334 e. The lowest BCUT2D eigenvalue weighted by atomic mass is 10.1. The Morgan fingerprint density at radius 3 is 2.68 bits per heavy atom. The minimum absolute atomic E-state index is 0.00321. The zero-order valence-electron chi connectivity index (χ0n) is 11.5. The molecule has 2 N–H and O–H groups in total. The molecule has 2 aromatic carbocycles. The fourth-order valence-electron chi connectivity index (χ4n) is 2.17. The molecule has 1 aliphatic heterocycles. The summed E-state index contributed by atoms with van der Waals surface area (Å²) in [4.78, 5) is 24.0. The van der Waals surface area contributed by atoms with Crippen LogP contribution in [0.4, 0.5) is 11.4 Å². The predicted octanol–water partition coefficient (Wildman–Crippen LogP) is 3.18. The highest BCUT2D eigenvalue weighted by molar-refractivity contribution is 9.10. The number of para-hydroxylation sites is 2. The minimum atomic E-state index is -0.689. The second kappa shape index (κ2) is 6.19. The predicted molar refractivity (Wildman–Crippen MR) is 86.9 cm³/mol. The highest BCUT2D eigenvalue weighted by Gasteiger charge is 2.29. The first-order valence-corrected chi connectivity index (χ1v) is 7.54. The molecular weight excluding hydrogens is 348 g/mol. The van der Waals surface area contributed by atoms with E-state index in [4.69, 9.17) is 4.74 Å². The maximum absolute atomic E-state index is 12.1. The number of carbonyl (C=O) groups excluding carboxylic acids is 2. The normalized spacial score (nSPS) is 16.2. The third kappa shape index (κ3) is 3.28. The number of amides is 1. The second-order valence-corrected chi connectivity index (χ2v) is 5.79. The molecule has 1 aliphatic rings. The van der Waals surface area contributed by atoms with Gasteiger partial charge in [0, 0.05) is 10.2 Å². The Kier molecular flexibility index (Phi) is 4.11. The van der Waals surface area contributed by atoms with E-state index >= 15 is 0 Å². The van der Waals surface area contributed by atoms with Crippen LogP contribution in [0.15, 0.2) is 53.0 Å². The summed E-state index contributed by atoms with van der Waals surface area (Å²) in [6.45, 7) is 0. The van der Waals surface area contributed by atoms with Crippen LogP contribution in [0.3, 0.4) is 0 Å². The van der Waals surface area contributed by atoms with Gasteiger partial charge in [-0.15, -0.1) is 0 Å². The fourth-order valence-corrected chi connectivity index (χ4v) is 2.43. The Labute approximate surface area is 135 Å². The van der Waals surface area contributed by atoms with Crippen molar-refractivity contribution in [2.75, 3.05) is 10.6 Å². The van der Waals surface area contributed by atoms with Crippen molar-refractivity contribution in [3.8, 4) is 5.75 Å². The summed E-state index contributed by atoms with van der Waals surface area (Å²) >= 11 is 3.33. The maximum Gasteiger partial charge on any atom is 0.334 e. The summed E-state index contributed by atoms with van der Waals surface area (Å²) in [5.74, 6) is -0.224. The van der Waals surface area contributed by atoms with Gasteiger partial charge in [-0.2, -0.15) is 0 Å². The lowest BCUT2D eigenvalue weighted by Crippen LogP contribution is -2.39. The molecule has 0 unspecified atom stereocenters. The van der Waals surface area contributed by atoms with Crippen LogP contribution >= 0.6 is 15.9 Å². The number of fused-ring (bicyclic) bond motifs is 1. The monoisotopic (exact) mass is 360 g/mol. The second-order valence-electron chi connectivity index (χ2n) is 4.87. The number of carbonyl (C=O) groups is 2. The number of anilines is 2. The first-order valence-electron chi connectivity index (χ1n) is 6.74. The summed E-state index contributed by atoms with van der Waals surface area (Å²) < 4.78 is 6.15. The number of benzene rings is 2. The number of ether oxygens (including phenoxy) is 1. The van der Waals surface area contributed by atoms with E-state index in [0.29, 0.717) is 17.1 Å². The van der Waals surface area contributed by atoms with Crippen LogP contribution in [0.2, 0.25) is 0 Å². The summed E-state index contributed by atoms with van der Waals surface area (Å²) in [7, 11) is 0. The molecule has 2 aromatic rings. The van der Waals surface area contributed by atoms with Crippen LogP contribution < -0.4 is 15.4 Å². The first-order chi connectivity index (χ1) is 10.6. The SMILES string of the molecule is O=C(C[C@@H]1Nc2ccccc2OC1=O)Nc1ccc(Br)cc1. The number of rotatable bonds is 3. The summed E-state index contributed by atoms with van der Waals surface area (Å²) in [6.07, 6.45) is 0.00321. The van der Waals surface area contributed by atoms with E-state index in [1.165, 1.54) is 0 Å². The van der Waals surface area contributed by atoms with Gasteiger partial charge >= 0.3 is 5.97 Å². The van der Waals surface area contributed by atoms with Crippen LogP contribution in [-0.4, -0.2) is 17.9 Å². The van der Waals surface area contributed by atoms with Crippen molar-refractivity contribution in [1.82, 2.24) is 0 Å². The molecule has 22 heavy (non-hydrogen) atoms. The Hall–Kier alpha value is -2.34. The highest BCUT2D eigenvalue weighted by atomic mass is 79.9. The van der Waals surface area contributed by atoms with Crippen LogP contribution in [0, 0.1) is 0 Å². The van der Waals surface area contributed by atoms with Crippen molar-refractivity contribution >= 4 is 39.2 Å². The Morgan fingerprint density at radius 1 is 1.18 bits per heavy atom. The van der Waals surface area contributed by atoms with Gasteiger partial charge in [0.2, 0.25) is 5.91 Å². The van der Waals surface area contributed by atoms with E-state index in [1.54, 1.807) is 30.3 Å². The average molecular weight is 361 g/mol. The molecule has 3 rings (SSSR count). The van der Waals surface area contributed by atoms with Crippen molar-refractivity contribution in [2.24, 2.45) is 0 Å². The molecule has 0 radical (unpaired) electrons. The fraction of sp³-hybridized carbons (Fsp3) is 0.125. The molecule has 0 saturated carbocycles. The van der Waals surface area contributed by atoms with Crippen LogP contribution in [-0.2, 0) is 9.59 Å². The summed E-state index contributed by atoms with van der Waals surface area (Å²) in [5.41, 5.74) is 1.39. The zero-order chi connectivity index (χ0) is 15.5. The number of esters is 1. The molecule has 0 bridgehead atoms. The maximum atomic E-state index is 12.1. The van der Waals surface area contributed by atoms with E-state index in [1.807, 2.05) is 18.2 Å². The van der Waals surface area contributed by atoms with Gasteiger partial charge in [-0.3, -0.25) is 4.79 Å². The molecule has 5 nitrogen and oxygen atoms in total. The molecule has 0 aromatic heterocycles.